The molecule has 0 aliphatic carbocycles. The van der Waals surface area contributed by atoms with E-state index in [0.29, 0.717) is 36.0 Å². The second kappa shape index (κ2) is 7.31. The smallest absolute Gasteiger partial charge is 0.255 e. The summed E-state index contributed by atoms with van der Waals surface area (Å²) in [5.74, 6) is 1.22. The molecule has 1 aliphatic rings. The minimum absolute atomic E-state index is 0.145. The Labute approximate surface area is 152 Å². The number of ether oxygens (including phenoxy) is 2. The van der Waals surface area contributed by atoms with Gasteiger partial charge in [0.05, 0.1) is 0 Å². The van der Waals surface area contributed by atoms with Crippen LogP contribution in [0.25, 0.3) is 0 Å². The van der Waals surface area contributed by atoms with Gasteiger partial charge in [0.2, 0.25) is 0 Å². The average molecular weight is 345 g/mol. The Morgan fingerprint density at radius 1 is 0.808 bits per heavy atom. The van der Waals surface area contributed by atoms with Crippen molar-refractivity contribution in [2.75, 3.05) is 18.5 Å². The van der Waals surface area contributed by atoms with Gasteiger partial charge in [-0.2, -0.15) is 0 Å². The van der Waals surface area contributed by atoms with Crippen molar-refractivity contribution in [3.63, 3.8) is 0 Å². The van der Waals surface area contributed by atoms with Crippen LogP contribution in [0.3, 0.4) is 0 Å². The molecule has 0 spiro atoms. The van der Waals surface area contributed by atoms with E-state index in [1.54, 1.807) is 6.07 Å². The van der Waals surface area contributed by atoms with Gasteiger partial charge in [-0.1, -0.05) is 42.5 Å². The summed E-state index contributed by atoms with van der Waals surface area (Å²) in [4.78, 5) is 12.5. The van der Waals surface area contributed by atoms with Gasteiger partial charge in [-0.25, -0.2) is 0 Å². The van der Waals surface area contributed by atoms with E-state index in [1.807, 2.05) is 54.6 Å². The third-order valence-corrected chi connectivity index (χ3v) is 4.27. The van der Waals surface area contributed by atoms with E-state index in [2.05, 4.69) is 17.4 Å². The van der Waals surface area contributed by atoms with Gasteiger partial charge in [-0.05, 0) is 41.8 Å². The highest BCUT2D eigenvalue weighted by molar-refractivity contribution is 6.04. The Bertz CT molecular complexity index is 904. The van der Waals surface area contributed by atoms with E-state index in [1.165, 1.54) is 11.1 Å². The van der Waals surface area contributed by atoms with Gasteiger partial charge in [0.1, 0.15) is 13.2 Å². The second-order valence-corrected chi connectivity index (χ2v) is 6.17. The van der Waals surface area contributed by atoms with Crippen LogP contribution >= 0.6 is 0 Å². The first-order chi connectivity index (χ1) is 12.8. The summed E-state index contributed by atoms with van der Waals surface area (Å²) >= 11 is 0. The van der Waals surface area contributed by atoms with E-state index in [0.717, 1.165) is 6.42 Å². The number of fused-ring (bicyclic) bond motifs is 1. The molecule has 0 aromatic heterocycles. The zero-order valence-electron chi connectivity index (χ0n) is 14.3. The highest BCUT2D eigenvalue weighted by atomic mass is 16.6. The quantitative estimate of drug-likeness (QED) is 0.767. The highest BCUT2D eigenvalue weighted by Crippen LogP contribution is 2.32. The molecule has 0 unspecified atom stereocenters. The standard InChI is InChI=1S/C22H19NO3/c24-22(23-19-10-11-20-21(15-19)26-13-12-25-20)18-8-6-17(7-9-18)14-16-4-2-1-3-5-16/h1-11,15H,12-14H2,(H,23,24). The van der Waals surface area contributed by atoms with Gasteiger partial charge in [-0.15, -0.1) is 0 Å². The molecule has 4 heteroatoms. The number of rotatable bonds is 4. The molecular weight excluding hydrogens is 326 g/mol. The summed E-state index contributed by atoms with van der Waals surface area (Å²) in [5, 5.41) is 2.90. The maximum absolute atomic E-state index is 12.5. The molecule has 4 nitrogen and oxygen atoms in total. The molecule has 4 rings (SSSR count). The largest absolute Gasteiger partial charge is 0.486 e. The molecule has 0 fully saturated rings. The van der Waals surface area contributed by atoms with E-state index in [-0.39, 0.29) is 5.91 Å². The summed E-state index contributed by atoms with van der Waals surface area (Å²) in [6.07, 6.45) is 0.852. The molecular formula is C22H19NO3. The van der Waals surface area contributed by atoms with Gasteiger partial charge >= 0.3 is 0 Å². The predicted molar refractivity (Wildman–Crippen MR) is 101 cm³/mol. The summed E-state index contributed by atoms with van der Waals surface area (Å²) in [6.45, 7) is 1.07. The lowest BCUT2D eigenvalue weighted by Crippen LogP contribution is -2.16. The molecule has 0 saturated carbocycles. The lowest BCUT2D eigenvalue weighted by atomic mass is 10.0. The Morgan fingerprint density at radius 3 is 2.27 bits per heavy atom. The van der Waals surface area contributed by atoms with Crippen LogP contribution in [0.2, 0.25) is 0 Å². The molecule has 1 heterocycles. The van der Waals surface area contributed by atoms with Crippen LogP contribution in [-0.2, 0) is 6.42 Å². The van der Waals surface area contributed by atoms with Crippen molar-refractivity contribution in [1.29, 1.82) is 0 Å². The first-order valence-corrected chi connectivity index (χ1v) is 8.62. The molecule has 0 radical (unpaired) electrons. The third kappa shape index (κ3) is 3.70. The normalized spacial score (nSPS) is 12.5. The van der Waals surface area contributed by atoms with Crippen molar-refractivity contribution in [2.45, 2.75) is 6.42 Å². The first-order valence-electron chi connectivity index (χ1n) is 8.62. The number of benzene rings is 3. The first kappa shape index (κ1) is 16.2. The summed E-state index contributed by atoms with van der Waals surface area (Å²) < 4.78 is 11.0. The molecule has 3 aromatic carbocycles. The number of hydrogen-bond acceptors (Lipinski definition) is 3. The Balaban J connectivity index is 1.43. The molecule has 1 N–H and O–H groups in total. The molecule has 0 atom stereocenters. The number of carbonyl (C=O) groups excluding carboxylic acids is 1. The molecule has 3 aromatic rings. The van der Waals surface area contributed by atoms with Gasteiger partial charge < -0.3 is 14.8 Å². The van der Waals surface area contributed by atoms with Crippen LogP contribution < -0.4 is 14.8 Å². The Kier molecular flexibility index (Phi) is 4.56. The lowest BCUT2D eigenvalue weighted by molar-refractivity contribution is 0.102. The second-order valence-electron chi connectivity index (χ2n) is 6.17. The number of anilines is 1. The van der Waals surface area contributed by atoms with E-state index < -0.39 is 0 Å². The third-order valence-electron chi connectivity index (χ3n) is 4.27. The van der Waals surface area contributed by atoms with E-state index in [9.17, 15) is 4.79 Å². The van der Waals surface area contributed by atoms with Crippen LogP contribution in [0.1, 0.15) is 21.5 Å². The molecule has 1 amide bonds. The number of amides is 1. The van der Waals surface area contributed by atoms with Crippen molar-refractivity contribution in [2.24, 2.45) is 0 Å². The van der Waals surface area contributed by atoms with Crippen molar-refractivity contribution in [3.05, 3.63) is 89.5 Å². The van der Waals surface area contributed by atoms with Gasteiger partial charge in [0, 0.05) is 17.3 Å². The number of hydrogen-bond donors (Lipinski definition) is 1. The average Bonchev–Trinajstić information content (AvgIpc) is 2.69. The van der Waals surface area contributed by atoms with Crippen LogP contribution in [0.4, 0.5) is 5.69 Å². The van der Waals surface area contributed by atoms with Crippen molar-refractivity contribution < 1.29 is 14.3 Å². The summed E-state index contributed by atoms with van der Waals surface area (Å²) in [5.41, 5.74) is 3.73. The summed E-state index contributed by atoms with van der Waals surface area (Å²) in [7, 11) is 0. The topological polar surface area (TPSA) is 47.6 Å². The molecule has 1 aliphatic heterocycles. The maximum atomic E-state index is 12.5. The zero-order valence-corrected chi connectivity index (χ0v) is 14.3. The highest BCUT2D eigenvalue weighted by Gasteiger charge is 2.13. The van der Waals surface area contributed by atoms with Gasteiger partial charge in [-0.3, -0.25) is 4.79 Å². The van der Waals surface area contributed by atoms with Crippen molar-refractivity contribution in [1.82, 2.24) is 0 Å². The van der Waals surface area contributed by atoms with Crippen molar-refractivity contribution in [3.8, 4) is 11.5 Å². The molecule has 0 saturated heterocycles. The fraction of sp³-hybridized carbons (Fsp3) is 0.136. The molecule has 130 valence electrons. The predicted octanol–water partition coefficient (Wildman–Crippen LogP) is 4.30. The van der Waals surface area contributed by atoms with Crippen LogP contribution in [0.15, 0.2) is 72.8 Å². The van der Waals surface area contributed by atoms with Crippen molar-refractivity contribution >= 4 is 11.6 Å². The SMILES string of the molecule is O=C(Nc1ccc2c(c1)OCCO2)c1ccc(Cc2ccccc2)cc1. The van der Waals surface area contributed by atoms with Crippen LogP contribution in [0.5, 0.6) is 11.5 Å². The van der Waals surface area contributed by atoms with Gasteiger partial charge in [0.25, 0.3) is 5.91 Å². The number of nitrogens with one attached hydrogen (secondary N) is 1. The van der Waals surface area contributed by atoms with E-state index in [4.69, 9.17) is 9.47 Å². The maximum Gasteiger partial charge on any atom is 0.255 e. The monoisotopic (exact) mass is 345 g/mol. The van der Waals surface area contributed by atoms with Crippen LogP contribution in [-0.4, -0.2) is 19.1 Å². The minimum Gasteiger partial charge on any atom is -0.486 e. The lowest BCUT2D eigenvalue weighted by Gasteiger charge is -2.19. The molecule has 26 heavy (non-hydrogen) atoms. The Morgan fingerprint density at radius 2 is 1.50 bits per heavy atom. The van der Waals surface area contributed by atoms with Gasteiger partial charge in [0.15, 0.2) is 11.5 Å². The van der Waals surface area contributed by atoms with Crippen LogP contribution in [0, 0.1) is 0 Å². The summed E-state index contributed by atoms with van der Waals surface area (Å²) in [6, 6.07) is 23.4. The van der Waals surface area contributed by atoms with E-state index >= 15 is 0 Å². The fourth-order valence-corrected chi connectivity index (χ4v) is 2.93. The fourth-order valence-electron chi connectivity index (χ4n) is 2.93. The Hall–Kier alpha value is -3.27. The number of carbonyl (C=O) groups is 1. The molecule has 0 bridgehead atoms. The zero-order chi connectivity index (χ0) is 17.8. The minimum atomic E-state index is -0.145.